The van der Waals surface area contributed by atoms with Gasteiger partial charge in [0, 0.05) is 19.6 Å². The number of aryl methyl sites for hydroxylation is 1. The number of ketones is 1. The molecule has 1 aliphatic rings. The van der Waals surface area contributed by atoms with E-state index in [0.717, 1.165) is 6.92 Å². The Morgan fingerprint density at radius 2 is 1.96 bits per heavy atom. The maximum atomic E-state index is 13.1. The molecule has 25 heavy (non-hydrogen) atoms. The van der Waals surface area contributed by atoms with Crippen LogP contribution in [-0.2, 0) is 19.0 Å². The molecular formula is C17H22O8. The molecule has 0 saturated carbocycles. The topological polar surface area (TPSA) is 123 Å². The van der Waals surface area contributed by atoms with Crippen molar-refractivity contribution in [1.82, 2.24) is 0 Å². The zero-order valence-electron chi connectivity index (χ0n) is 14.2. The molecular weight excluding hydrogens is 332 g/mol. The summed E-state index contributed by atoms with van der Waals surface area (Å²) in [5, 5.41) is 31.1. The lowest BCUT2D eigenvalue weighted by Crippen LogP contribution is -2.71. The second kappa shape index (κ2) is 7.59. The lowest BCUT2D eigenvalue weighted by Gasteiger charge is -2.47. The highest BCUT2D eigenvalue weighted by atomic mass is 16.7. The molecule has 0 amide bonds. The zero-order chi connectivity index (χ0) is 18.8. The average molecular weight is 354 g/mol. The highest BCUT2D eigenvalue weighted by molar-refractivity contribution is 6.04. The molecule has 0 radical (unpaired) electrons. The van der Waals surface area contributed by atoms with Crippen molar-refractivity contribution in [3.8, 4) is 0 Å². The van der Waals surface area contributed by atoms with E-state index in [1.54, 1.807) is 25.1 Å². The Balaban J connectivity index is 2.56. The van der Waals surface area contributed by atoms with Crippen molar-refractivity contribution in [2.24, 2.45) is 0 Å². The summed E-state index contributed by atoms with van der Waals surface area (Å²) < 4.78 is 15.4. The second-order valence-electron chi connectivity index (χ2n) is 5.91. The van der Waals surface area contributed by atoms with Gasteiger partial charge in [0.2, 0.25) is 5.78 Å². The van der Waals surface area contributed by atoms with Gasteiger partial charge in [-0.25, -0.2) is 0 Å². The van der Waals surface area contributed by atoms with E-state index in [1.165, 1.54) is 13.2 Å². The van der Waals surface area contributed by atoms with E-state index in [4.69, 9.17) is 14.2 Å². The van der Waals surface area contributed by atoms with Crippen molar-refractivity contribution >= 4 is 11.8 Å². The molecule has 1 heterocycles. The Morgan fingerprint density at radius 3 is 2.48 bits per heavy atom. The maximum Gasteiger partial charge on any atom is 0.303 e. The van der Waals surface area contributed by atoms with Crippen LogP contribution < -0.4 is 0 Å². The van der Waals surface area contributed by atoms with Gasteiger partial charge in [0.15, 0.2) is 18.0 Å². The molecule has 1 unspecified atom stereocenters. The zero-order valence-corrected chi connectivity index (χ0v) is 14.2. The van der Waals surface area contributed by atoms with Gasteiger partial charge in [-0.1, -0.05) is 24.3 Å². The fraction of sp³-hybridized carbons (Fsp3) is 0.529. The Morgan fingerprint density at radius 1 is 1.32 bits per heavy atom. The molecule has 0 aliphatic carbocycles. The molecule has 0 aromatic heterocycles. The average Bonchev–Trinajstić information content (AvgIpc) is 2.59. The van der Waals surface area contributed by atoms with Gasteiger partial charge in [-0.15, -0.1) is 0 Å². The van der Waals surface area contributed by atoms with E-state index >= 15 is 0 Å². The van der Waals surface area contributed by atoms with Crippen LogP contribution in [0.1, 0.15) is 22.8 Å². The third-order valence-corrected chi connectivity index (χ3v) is 4.25. The number of Topliss-reactive ketones (excluding diaryl/α,β-unsaturated/α-hetero) is 1. The van der Waals surface area contributed by atoms with Crippen molar-refractivity contribution in [3.63, 3.8) is 0 Å². The number of hydrogen-bond acceptors (Lipinski definition) is 8. The first-order valence-electron chi connectivity index (χ1n) is 7.74. The Kier molecular flexibility index (Phi) is 5.91. The van der Waals surface area contributed by atoms with E-state index < -0.39 is 48.6 Å². The normalized spacial score (nSPS) is 32.2. The molecule has 1 aromatic carbocycles. The van der Waals surface area contributed by atoms with Gasteiger partial charge in [-0.3, -0.25) is 9.59 Å². The Bertz CT molecular complexity index is 645. The van der Waals surface area contributed by atoms with Crippen molar-refractivity contribution in [2.45, 2.75) is 44.1 Å². The maximum absolute atomic E-state index is 13.1. The molecule has 1 aliphatic heterocycles. The number of carbonyl (C=O) groups is 2. The SMILES string of the molecule is COC1O[C@H](CO)[C@H](O)[C@@](O)(C(=O)c2ccccc2C)[C@@H]1OC(C)=O. The number of esters is 1. The quantitative estimate of drug-likeness (QED) is 0.481. The number of rotatable bonds is 5. The van der Waals surface area contributed by atoms with E-state index in [1.807, 2.05) is 0 Å². The molecule has 0 bridgehead atoms. The second-order valence-corrected chi connectivity index (χ2v) is 5.91. The summed E-state index contributed by atoms with van der Waals surface area (Å²) in [6, 6.07) is 6.47. The summed E-state index contributed by atoms with van der Waals surface area (Å²) >= 11 is 0. The minimum atomic E-state index is -2.55. The van der Waals surface area contributed by atoms with Crippen LogP contribution in [0.5, 0.6) is 0 Å². The van der Waals surface area contributed by atoms with E-state index in [2.05, 4.69) is 0 Å². The molecule has 0 spiro atoms. The van der Waals surface area contributed by atoms with E-state index in [0.29, 0.717) is 5.56 Å². The highest BCUT2D eigenvalue weighted by Gasteiger charge is 2.62. The molecule has 1 fully saturated rings. The van der Waals surface area contributed by atoms with Crippen molar-refractivity contribution in [3.05, 3.63) is 35.4 Å². The van der Waals surface area contributed by atoms with Crippen LogP contribution >= 0.6 is 0 Å². The van der Waals surface area contributed by atoms with Crippen LogP contribution in [0.2, 0.25) is 0 Å². The third-order valence-electron chi connectivity index (χ3n) is 4.25. The number of ether oxygens (including phenoxy) is 3. The third kappa shape index (κ3) is 3.44. The molecule has 8 heteroatoms. The van der Waals surface area contributed by atoms with Crippen LogP contribution in [0.4, 0.5) is 0 Å². The summed E-state index contributed by atoms with van der Waals surface area (Å²) in [7, 11) is 1.23. The summed E-state index contributed by atoms with van der Waals surface area (Å²) in [6.45, 7) is 2.09. The first-order valence-corrected chi connectivity index (χ1v) is 7.74. The Hall–Kier alpha value is -1.84. The predicted octanol–water partition coefficient (Wildman–Crippen LogP) is -0.435. The smallest absolute Gasteiger partial charge is 0.303 e. The standard InChI is InChI=1S/C17H22O8/c1-9-6-4-5-7-11(9)13(20)17(22)14(21)12(8-18)25-16(23-3)15(17)24-10(2)19/h4-7,12,14-16,18,21-22H,8H2,1-3H3/t12-,14+,15-,16?,17+/m1/s1. The monoisotopic (exact) mass is 354 g/mol. The molecule has 5 atom stereocenters. The van der Waals surface area contributed by atoms with Crippen molar-refractivity contribution in [2.75, 3.05) is 13.7 Å². The minimum Gasteiger partial charge on any atom is -0.453 e. The van der Waals surface area contributed by atoms with Crippen molar-refractivity contribution in [1.29, 1.82) is 0 Å². The molecule has 2 rings (SSSR count). The van der Waals surface area contributed by atoms with Gasteiger partial charge in [0.1, 0.15) is 12.2 Å². The van der Waals surface area contributed by atoms with Gasteiger partial charge < -0.3 is 29.5 Å². The van der Waals surface area contributed by atoms with Crippen LogP contribution in [0.25, 0.3) is 0 Å². The van der Waals surface area contributed by atoms with E-state index in [-0.39, 0.29) is 5.56 Å². The largest absolute Gasteiger partial charge is 0.453 e. The fourth-order valence-electron chi connectivity index (χ4n) is 2.93. The lowest BCUT2D eigenvalue weighted by atomic mass is 9.77. The molecule has 8 nitrogen and oxygen atoms in total. The van der Waals surface area contributed by atoms with E-state index in [9.17, 15) is 24.9 Å². The lowest BCUT2D eigenvalue weighted by molar-refractivity contribution is -0.315. The molecule has 3 N–H and O–H groups in total. The van der Waals surface area contributed by atoms with Gasteiger partial charge in [0.05, 0.1) is 6.61 Å². The van der Waals surface area contributed by atoms with Gasteiger partial charge >= 0.3 is 5.97 Å². The first kappa shape index (κ1) is 19.5. The predicted molar refractivity (Wildman–Crippen MR) is 84.8 cm³/mol. The number of carbonyl (C=O) groups excluding carboxylic acids is 2. The number of aliphatic hydroxyl groups excluding tert-OH is 2. The minimum absolute atomic E-state index is 0.148. The summed E-state index contributed by atoms with van der Waals surface area (Å²) in [5.41, 5.74) is -1.84. The van der Waals surface area contributed by atoms with Crippen molar-refractivity contribution < 1.29 is 39.1 Å². The van der Waals surface area contributed by atoms with Crippen LogP contribution in [0.3, 0.4) is 0 Å². The van der Waals surface area contributed by atoms with Crippen LogP contribution in [-0.4, -0.2) is 71.0 Å². The highest BCUT2D eigenvalue weighted by Crippen LogP contribution is 2.36. The summed E-state index contributed by atoms with van der Waals surface area (Å²) in [5.74, 6) is -1.64. The number of methoxy groups -OCH3 is 1. The first-order chi connectivity index (χ1) is 11.8. The molecule has 1 saturated heterocycles. The Labute approximate surface area is 144 Å². The molecule has 1 aromatic rings. The number of benzene rings is 1. The number of hydrogen-bond donors (Lipinski definition) is 3. The van der Waals surface area contributed by atoms with Crippen LogP contribution in [0.15, 0.2) is 24.3 Å². The summed E-state index contributed by atoms with van der Waals surface area (Å²) in [6.07, 6.45) is -6.09. The fourth-order valence-corrected chi connectivity index (χ4v) is 2.93. The summed E-state index contributed by atoms with van der Waals surface area (Å²) in [4.78, 5) is 24.5. The number of aliphatic hydroxyl groups is 3. The molecule has 138 valence electrons. The van der Waals surface area contributed by atoms with Gasteiger partial charge in [-0.2, -0.15) is 0 Å². The van der Waals surface area contributed by atoms with Gasteiger partial charge in [0.25, 0.3) is 0 Å². The van der Waals surface area contributed by atoms with Gasteiger partial charge in [-0.05, 0) is 12.5 Å². The van der Waals surface area contributed by atoms with Crippen LogP contribution in [0, 0.1) is 6.92 Å².